The Labute approximate surface area is 206 Å². The summed E-state index contributed by atoms with van der Waals surface area (Å²) in [7, 11) is 0. The molecule has 0 aromatic rings. The van der Waals surface area contributed by atoms with E-state index in [-0.39, 0.29) is 27.6 Å². The van der Waals surface area contributed by atoms with Crippen LogP contribution in [0.2, 0.25) is 0 Å². The van der Waals surface area contributed by atoms with Gasteiger partial charge in [-0.3, -0.25) is 4.79 Å². The minimum atomic E-state index is -0.843. The number of ketones is 1. The summed E-state index contributed by atoms with van der Waals surface area (Å²) in [6.07, 6.45) is 9.18. The fourth-order valence-electron chi connectivity index (χ4n) is 9.97. The van der Waals surface area contributed by atoms with Gasteiger partial charge in [-0.15, -0.1) is 0 Å². The van der Waals surface area contributed by atoms with Gasteiger partial charge in [0, 0.05) is 11.8 Å². The number of carbonyl (C=O) groups excluding carboxylic acids is 1. The maximum absolute atomic E-state index is 12.8. The highest BCUT2D eigenvalue weighted by Crippen LogP contribution is 2.73. The molecule has 2 N–H and O–H groups in total. The van der Waals surface area contributed by atoms with Crippen LogP contribution in [0.25, 0.3) is 0 Å². The molecule has 1 aliphatic heterocycles. The average Bonchev–Trinajstić information content (AvgIpc) is 2.99. The summed E-state index contributed by atoms with van der Waals surface area (Å²) >= 11 is 0. The molecule has 5 rings (SSSR count). The van der Waals surface area contributed by atoms with Gasteiger partial charge in [0.1, 0.15) is 11.9 Å². The second kappa shape index (κ2) is 7.65. The molecular weight excluding hydrogens is 424 g/mol. The Balaban J connectivity index is 1.47. The molecule has 34 heavy (non-hydrogen) atoms. The number of carbonyl (C=O) groups is 1. The van der Waals surface area contributed by atoms with Crippen molar-refractivity contribution in [3.63, 3.8) is 0 Å². The number of hydrogen-bond donors (Lipinski definition) is 2. The highest BCUT2D eigenvalue weighted by atomic mass is 16.5. The molecule has 5 aliphatic rings. The van der Waals surface area contributed by atoms with Crippen LogP contribution in [-0.4, -0.2) is 40.4 Å². The van der Waals surface area contributed by atoms with Gasteiger partial charge in [0.05, 0.1) is 18.3 Å². The average molecular weight is 473 g/mol. The second-order valence-electron chi connectivity index (χ2n) is 14.5. The van der Waals surface area contributed by atoms with Crippen LogP contribution >= 0.6 is 0 Å². The summed E-state index contributed by atoms with van der Waals surface area (Å²) in [5.74, 6) is 2.23. The third kappa shape index (κ3) is 3.16. The molecule has 192 valence electrons. The number of aliphatic hydroxyl groups is 2. The third-order valence-corrected chi connectivity index (χ3v) is 12.5. The van der Waals surface area contributed by atoms with E-state index in [2.05, 4.69) is 40.7 Å². The van der Waals surface area contributed by atoms with E-state index >= 15 is 0 Å². The summed E-state index contributed by atoms with van der Waals surface area (Å²) in [5.41, 5.74) is 1.28. The SMILES string of the molecule is CC1(C)C(=O)CC[C@@]2(C)C1CC=C1[C@@H]2CC[C@@]2(C)[C@H]([C@@H]3COC(C)(C)[C@@H](O)C(O)C3)CC[C@@]12C. The van der Waals surface area contributed by atoms with E-state index in [4.69, 9.17) is 4.74 Å². The zero-order chi connectivity index (χ0) is 24.9. The Morgan fingerprint density at radius 2 is 1.68 bits per heavy atom. The van der Waals surface area contributed by atoms with Gasteiger partial charge in [0.2, 0.25) is 0 Å². The number of allylic oxidation sites excluding steroid dienone is 2. The highest BCUT2D eigenvalue weighted by Gasteiger charge is 2.65. The van der Waals surface area contributed by atoms with E-state index in [1.807, 2.05) is 13.8 Å². The van der Waals surface area contributed by atoms with Gasteiger partial charge in [-0.05, 0) is 98.7 Å². The largest absolute Gasteiger partial charge is 0.390 e. The van der Waals surface area contributed by atoms with E-state index in [0.29, 0.717) is 36.6 Å². The van der Waals surface area contributed by atoms with Gasteiger partial charge in [-0.25, -0.2) is 0 Å². The van der Waals surface area contributed by atoms with Crippen molar-refractivity contribution in [3.05, 3.63) is 11.6 Å². The topological polar surface area (TPSA) is 66.8 Å². The molecule has 0 amide bonds. The van der Waals surface area contributed by atoms with Gasteiger partial charge in [-0.2, -0.15) is 0 Å². The smallest absolute Gasteiger partial charge is 0.138 e. The summed E-state index contributed by atoms with van der Waals surface area (Å²) in [4.78, 5) is 12.8. The van der Waals surface area contributed by atoms with E-state index in [9.17, 15) is 15.0 Å². The van der Waals surface area contributed by atoms with Crippen molar-refractivity contribution in [3.8, 4) is 0 Å². The first-order valence-electron chi connectivity index (χ1n) is 13.9. The number of hydrogen-bond acceptors (Lipinski definition) is 4. The fraction of sp³-hybridized carbons (Fsp3) is 0.900. The fourth-order valence-corrected chi connectivity index (χ4v) is 9.97. The number of ether oxygens (including phenoxy) is 1. The molecule has 4 heteroatoms. The van der Waals surface area contributed by atoms with Gasteiger partial charge < -0.3 is 14.9 Å². The number of fused-ring (bicyclic) bond motifs is 5. The maximum Gasteiger partial charge on any atom is 0.138 e. The molecule has 2 unspecified atom stereocenters. The zero-order valence-corrected chi connectivity index (χ0v) is 22.6. The Hall–Kier alpha value is -0.710. The van der Waals surface area contributed by atoms with Crippen LogP contribution in [0.5, 0.6) is 0 Å². The van der Waals surface area contributed by atoms with Crippen molar-refractivity contribution < 1.29 is 19.7 Å². The molecule has 4 fully saturated rings. The monoisotopic (exact) mass is 472 g/mol. The van der Waals surface area contributed by atoms with Crippen LogP contribution in [0.4, 0.5) is 0 Å². The van der Waals surface area contributed by atoms with Crippen molar-refractivity contribution in [2.45, 2.75) is 118 Å². The number of aliphatic hydroxyl groups excluding tert-OH is 2. The first-order chi connectivity index (χ1) is 15.7. The first kappa shape index (κ1) is 25.0. The standard InChI is InChI=1S/C30H48O4/c1-26(2)23-9-8-21-20(28(23,5)13-12-24(26)32)11-15-29(6)19(10-14-30(21,29)7)18-16-22(31)25(33)27(3,4)34-17-18/h8,18-20,22-23,25,31,33H,9-17H2,1-7H3/t18-,19-,20-,22?,23?,25-,28+,29-,30-/m0/s1. The zero-order valence-electron chi connectivity index (χ0n) is 22.6. The van der Waals surface area contributed by atoms with Crippen LogP contribution in [0, 0.1) is 45.3 Å². The van der Waals surface area contributed by atoms with E-state index in [0.717, 1.165) is 19.3 Å². The number of rotatable bonds is 1. The minimum Gasteiger partial charge on any atom is -0.390 e. The molecule has 4 nitrogen and oxygen atoms in total. The van der Waals surface area contributed by atoms with Gasteiger partial charge in [-0.1, -0.05) is 46.3 Å². The molecule has 9 atom stereocenters. The molecular formula is C30H48O4. The van der Waals surface area contributed by atoms with Crippen molar-refractivity contribution in [2.24, 2.45) is 45.3 Å². The lowest BCUT2D eigenvalue weighted by Gasteiger charge is -2.63. The molecule has 0 radical (unpaired) electrons. The normalized spacial score (nSPS) is 52.1. The van der Waals surface area contributed by atoms with Gasteiger partial charge in [0.15, 0.2) is 0 Å². The Morgan fingerprint density at radius 3 is 2.38 bits per heavy atom. The van der Waals surface area contributed by atoms with Crippen LogP contribution < -0.4 is 0 Å². The van der Waals surface area contributed by atoms with E-state index in [1.54, 1.807) is 5.57 Å². The third-order valence-electron chi connectivity index (χ3n) is 12.5. The Kier molecular flexibility index (Phi) is 5.62. The van der Waals surface area contributed by atoms with E-state index < -0.39 is 17.8 Å². The van der Waals surface area contributed by atoms with E-state index in [1.165, 1.54) is 25.7 Å². The molecule has 3 saturated carbocycles. The lowest BCUT2D eigenvalue weighted by molar-refractivity contribution is -0.146. The molecule has 1 heterocycles. The van der Waals surface area contributed by atoms with Crippen molar-refractivity contribution in [1.29, 1.82) is 0 Å². The molecule has 4 aliphatic carbocycles. The lowest BCUT2D eigenvalue weighted by Crippen LogP contribution is -2.57. The predicted octanol–water partition coefficient (Wildman–Crippen LogP) is 5.70. The summed E-state index contributed by atoms with van der Waals surface area (Å²) < 4.78 is 6.23. The van der Waals surface area contributed by atoms with Gasteiger partial charge in [0.25, 0.3) is 0 Å². The molecule has 0 spiro atoms. The van der Waals surface area contributed by atoms with Crippen molar-refractivity contribution >= 4 is 5.78 Å². The molecule has 0 aromatic carbocycles. The molecule has 0 bridgehead atoms. The summed E-state index contributed by atoms with van der Waals surface area (Å²) in [5, 5.41) is 21.5. The summed E-state index contributed by atoms with van der Waals surface area (Å²) in [6, 6.07) is 0. The lowest BCUT2D eigenvalue weighted by atomic mass is 9.41. The number of Topliss-reactive ketones (excluding diaryl/α,β-unsaturated/α-hetero) is 1. The van der Waals surface area contributed by atoms with Crippen LogP contribution in [0.3, 0.4) is 0 Å². The van der Waals surface area contributed by atoms with Crippen LogP contribution in [0.1, 0.15) is 99.8 Å². The molecule has 0 aromatic heterocycles. The van der Waals surface area contributed by atoms with Crippen LogP contribution in [-0.2, 0) is 9.53 Å². The summed E-state index contributed by atoms with van der Waals surface area (Å²) in [6.45, 7) is 16.4. The molecule has 1 saturated heterocycles. The highest BCUT2D eigenvalue weighted by molar-refractivity contribution is 5.85. The minimum absolute atomic E-state index is 0.158. The van der Waals surface area contributed by atoms with Crippen LogP contribution in [0.15, 0.2) is 11.6 Å². The Morgan fingerprint density at radius 1 is 0.971 bits per heavy atom. The quantitative estimate of drug-likeness (QED) is 0.481. The second-order valence-corrected chi connectivity index (χ2v) is 14.5. The first-order valence-corrected chi connectivity index (χ1v) is 13.9. The predicted molar refractivity (Wildman–Crippen MR) is 134 cm³/mol. The maximum atomic E-state index is 12.8. The van der Waals surface area contributed by atoms with Crippen molar-refractivity contribution in [1.82, 2.24) is 0 Å². The Bertz CT molecular complexity index is 888. The van der Waals surface area contributed by atoms with Crippen molar-refractivity contribution in [2.75, 3.05) is 6.61 Å². The van der Waals surface area contributed by atoms with Gasteiger partial charge >= 0.3 is 0 Å².